The molecule has 0 heterocycles. The monoisotopic (exact) mass is 274 g/mol. The second-order valence-corrected chi connectivity index (χ2v) is 4.76. The lowest BCUT2D eigenvalue weighted by molar-refractivity contribution is 0.303. The standard InChI is InChI=1S/C15H16BFO3/c1-10-8-14(17)5-3-12(10)9-20-15-6-4-13(16(18)19)7-11(15)2/h3-8,18-19H,9H2,1-2H3. The number of aryl methyl sites for hydroxylation is 2. The molecule has 0 aliphatic rings. The highest BCUT2D eigenvalue weighted by atomic mass is 19.1. The van der Waals surface area contributed by atoms with Gasteiger partial charge >= 0.3 is 7.12 Å². The largest absolute Gasteiger partial charge is 0.489 e. The first-order valence-corrected chi connectivity index (χ1v) is 6.32. The number of halogens is 1. The van der Waals surface area contributed by atoms with Crippen molar-refractivity contribution in [2.45, 2.75) is 20.5 Å². The van der Waals surface area contributed by atoms with E-state index in [-0.39, 0.29) is 5.82 Å². The van der Waals surface area contributed by atoms with Crippen LogP contribution >= 0.6 is 0 Å². The van der Waals surface area contributed by atoms with Crippen LogP contribution in [0.25, 0.3) is 0 Å². The fraction of sp³-hybridized carbons (Fsp3) is 0.200. The van der Waals surface area contributed by atoms with Crippen molar-refractivity contribution in [2.75, 3.05) is 0 Å². The van der Waals surface area contributed by atoms with E-state index in [1.807, 2.05) is 13.8 Å². The van der Waals surface area contributed by atoms with Gasteiger partial charge in [0.2, 0.25) is 0 Å². The molecule has 0 spiro atoms. The highest BCUT2D eigenvalue weighted by Crippen LogP contribution is 2.19. The molecule has 0 saturated carbocycles. The van der Waals surface area contributed by atoms with Gasteiger partial charge in [-0.3, -0.25) is 0 Å². The molecule has 0 aromatic heterocycles. The Labute approximate surface area is 117 Å². The summed E-state index contributed by atoms with van der Waals surface area (Å²) in [4.78, 5) is 0. The number of ether oxygens (including phenoxy) is 1. The molecule has 2 aromatic rings. The maximum absolute atomic E-state index is 13.0. The third kappa shape index (κ3) is 3.38. The van der Waals surface area contributed by atoms with Gasteiger partial charge in [0.15, 0.2) is 0 Å². The Hall–Kier alpha value is -1.85. The average molecular weight is 274 g/mol. The van der Waals surface area contributed by atoms with E-state index in [4.69, 9.17) is 14.8 Å². The lowest BCUT2D eigenvalue weighted by Gasteiger charge is -2.12. The van der Waals surface area contributed by atoms with Gasteiger partial charge in [-0.2, -0.15) is 0 Å². The van der Waals surface area contributed by atoms with Crippen LogP contribution in [0.4, 0.5) is 4.39 Å². The van der Waals surface area contributed by atoms with Crippen molar-refractivity contribution in [3.8, 4) is 5.75 Å². The highest BCUT2D eigenvalue weighted by molar-refractivity contribution is 6.58. The van der Waals surface area contributed by atoms with Gasteiger partial charge in [-0.15, -0.1) is 0 Å². The molecule has 0 atom stereocenters. The van der Waals surface area contributed by atoms with Crippen LogP contribution in [0.1, 0.15) is 16.7 Å². The fourth-order valence-corrected chi connectivity index (χ4v) is 1.97. The Kier molecular flexibility index (Phi) is 4.42. The quantitative estimate of drug-likeness (QED) is 0.834. The van der Waals surface area contributed by atoms with E-state index in [9.17, 15) is 4.39 Å². The number of hydrogen-bond donors (Lipinski definition) is 2. The summed E-state index contributed by atoms with van der Waals surface area (Å²) in [6.45, 7) is 4.01. The summed E-state index contributed by atoms with van der Waals surface area (Å²) in [5.74, 6) is 0.404. The van der Waals surface area contributed by atoms with Crippen molar-refractivity contribution in [1.82, 2.24) is 0 Å². The lowest BCUT2D eigenvalue weighted by atomic mass is 9.79. The first kappa shape index (κ1) is 14.6. The van der Waals surface area contributed by atoms with Gasteiger partial charge in [-0.25, -0.2) is 4.39 Å². The molecule has 5 heteroatoms. The number of rotatable bonds is 4. The molecule has 0 fully saturated rings. The molecule has 20 heavy (non-hydrogen) atoms. The Bertz CT molecular complexity index is 614. The van der Waals surface area contributed by atoms with Crippen molar-refractivity contribution in [1.29, 1.82) is 0 Å². The minimum absolute atomic E-state index is 0.260. The molecule has 0 unspecified atom stereocenters. The summed E-state index contributed by atoms with van der Waals surface area (Å²) in [6, 6.07) is 9.54. The molecular weight excluding hydrogens is 258 g/mol. The topological polar surface area (TPSA) is 49.7 Å². The van der Waals surface area contributed by atoms with Crippen molar-refractivity contribution >= 4 is 12.6 Å². The smallest absolute Gasteiger partial charge is 0.488 e. The Morgan fingerprint density at radius 2 is 1.80 bits per heavy atom. The van der Waals surface area contributed by atoms with Crippen LogP contribution in [0.3, 0.4) is 0 Å². The van der Waals surface area contributed by atoms with E-state index in [1.165, 1.54) is 12.1 Å². The molecule has 0 aliphatic heterocycles. The van der Waals surface area contributed by atoms with E-state index in [1.54, 1.807) is 24.3 Å². The molecule has 2 N–H and O–H groups in total. The zero-order valence-electron chi connectivity index (χ0n) is 11.4. The maximum atomic E-state index is 13.0. The SMILES string of the molecule is Cc1cc(F)ccc1COc1ccc(B(O)O)cc1C. The molecule has 2 rings (SSSR count). The molecular formula is C15H16BFO3. The van der Waals surface area contributed by atoms with Crippen LogP contribution in [0.5, 0.6) is 5.75 Å². The summed E-state index contributed by atoms with van der Waals surface area (Å²) >= 11 is 0. The molecule has 0 aliphatic carbocycles. The summed E-state index contributed by atoms with van der Waals surface area (Å²) in [6.07, 6.45) is 0. The fourth-order valence-electron chi connectivity index (χ4n) is 1.97. The minimum atomic E-state index is -1.48. The van der Waals surface area contributed by atoms with Crippen LogP contribution in [0.2, 0.25) is 0 Å². The van der Waals surface area contributed by atoms with Gasteiger partial charge in [0.05, 0.1) is 0 Å². The number of benzene rings is 2. The summed E-state index contributed by atoms with van der Waals surface area (Å²) < 4.78 is 18.7. The van der Waals surface area contributed by atoms with Gasteiger partial charge in [-0.1, -0.05) is 18.2 Å². The van der Waals surface area contributed by atoms with Gasteiger partial charge in [0.25, 0.3) is 0 Å². The van der Waals surface area contributed by atoms with Crippen molar-refractivity contribution < 1.29 is 19.2 Å². The number of hydrogen-bond acceptors (Lipinski definition) is 3. The normalized spacial score (nSPS) is 10.4. The molecule has 3 nitrogen and oxygen atoms in total. The lowest BCUT2D eigenvalue weighted by Crippen LogP contribution is -2.29. The third-order valence-electron chi connectivity index (χ3n) is 3.18. The summed E-state index contributed by atoms with van der Waals surface area (Å²) in [5, 5.41) is 18.2. The first-order chi connectivity index (χ1) is 9.47. The zero-order valence-corrected chi connectivity index (χ0v) is 11.4. The Morgan fingerprint density at radius 1 is 1.05 bits per heavy atom. The van der Waals surface area contributed by atoms with Crippen LogP contribution in [0.15, 0.2) is 36.4 Å². The Balaban J connectivity index is 2.11. The first-order valence-electron chi connectivity index (χ1n) is 6.32. The van der Waals surface area contributed by atoms with Gasteiger partial charge < -0.3 is 14.8 Å². The zero-order chi connectivity index (χ0) is 14.7. The molecule has 0 amide bonds. The summed E-state index contributed by atoms with van der Waals surface area (Å²) in [5.41, 5.74) is 2.99. The third-order valence-corrected chi connectivity index (χ3v) is 3.18. The second-order valence-electron chi connectivity index (χ2n) is 4.76. The molecule has 0 bridgehead atoms. The Morgan fingerprint density at radius 3 is 2.40 bits per heavy atom. The average Bonchev–Trinajstić information content (AvgIpc) is 2.38. The van der Waals surface area contributed by atoms with E-state index < -0.39 is 7.12 Å². The minimum Gasteiger partial charge on any atom is -0.489 e. The molecule has 0 radical (unpaired) electrons. The molecule has 2 aromatic carbocycles. The highest BCUT2D eigenvalue weighted by Gasteiger charge is 2.12. The second kappa shape index (κ2) is 6.07. The van der Waals surface area contributed by atoms with Crippen LogP contribution in [-0.2, 0) is 6.61 Å². The van der Waals surface area contributed by atoms with Gasteiger partial charge in [0, 0.05) is 0 Å². The van der Waals surface area contributed by atoms with Crippen LogP contribution in [0, 0.1) is 19.7 Å². The molecule has 0 saturated heterocycles. The van der Waals surface area contributed by atoms with E-state index in [0.29, 0.717) is 17.8 Å². The predicted octanol–water partition coefficient (Wildman–Crippen LogP) is 1.70. The van der Waals surface area contributed by atoms with Gasteiger partial charge in [-0.05, 0) is 54.2 Å². The summed E-state index contributed by atoms with van der Waals surface area (Å²) in [7, 11) is -1.48. The van der Waals surface area contributed by atoms with Crippen LogP contribution in [-0.4, -0.2) is 17.2 Å². The predicted molar refractivity (Wildman–Crippen MR) is 76.5 cm³/mol. The molecule has 104 valence electrons. The maximum Gasteiger partial charge on any atom is 0.488 e. The van der Waals surface area contributed by atoms with Gasteiger partial charge in [0.1, 0.15) is 18.2 Å². The van der Waals surface area contributed by atoms with E-state index in [0.717, 1.165) is 16.7 Å². The van der Waals surface area contributed by atoms with Crippen molar-refractivity contribution in [3.63, 3.8) is 0 Å². The van der Waals surface area contributed by atoms with E-state index >= 15 is 0 Å². The van der Waals surface area contributed by atoms with Crippen molar-refractivity contribution in [2.24, 2.45) is 0 Å². The van der Waals surface area contributed by atoms with Crippen LogP contribution < -0.4 is 10.2 Å². The van der Waals surface area contributed by atoms with Crippen molar-refractivity contribution in [3.05, 3.63) is 58.9 Å². The van der Waals surface area contributed by atoms with E-state index in [2.05, 4.69) is 0 Å².